The first-order valence-corrected chi connectivity index (χ1v) is 5.00. The van der Waals surface area contributed by atoms with Gasteiger partial charge in [0, 0.05) is 18.3 Å². The molecular weight excluding hydrogens is 196 g/mol. The quantitative estimate of drug-likeness (QED) is 0.665. The molecule has 0 saturated carbocycles. The molecule has 0 bridgehead atoms. The van der Waals surface area contributed by atoms with Crippen molar-refractivity contribution >= 4 is 18.0 Å². The van der Waals surface area contributed by atoms with Gasteiger partial charge >= 0.3 is 0 Å². The Balaban J connectivity index is 2.56. The highest BCUT2D eigenvalue weighted by molar-refractivity contribution is 7.71. The molecule has 1 aliphatic carbocycles. The van der Waals surface area contributed by atoms with Crippen LogP contribution in [0.5, 0.6) is 0 Å². The van der Waals surface area contributed by atoms with Crippen LogP contribution in [0.3, 0.4) is 0 Å². The third kappa shape index (κ3) is 1.62. The van der Waals surface area contributed by atoms with Crippen molar-refractivity contribution in [1.82, 2.24) is 9.97 Å². The van der Waals surface area contributed by atoms with Crippen molar-refractivity contribution in [2.75, 3.05) is 0 Å². The van der Waals surface area contributed by atoms with E-state index in [1.54, 1.807) is 6.20 Å². The van der Waals surface area contributed by atoms with E-state index in [1.807, 2.05) is 0 Å². The van der Waals surface area contributed by atoms with Crippen LogP contribution in [-0.2, 0) is 6.42 Å². The summed E-state index contributed by atoms with van der Waals surface area (Å²) >= 11 is 4.93. The number of Topliss-reactive ketones (excluding diaryl/α,β-unsaturated/α-hetero) is 1. The van der Waals surface area contributed by atoms with E-state index in [9.17, 15) is 4.79 Å². The van der Waals surface area contributed by atoms with Crippen molar-refractivity contribution in [3.63, 3.8) is 0 Å². The first-order valence-electron chi connectivity index (χ1n) is 4.59. The molecule has 3 nitrogen and oxygen atoms in total. The minimum absolute atomic E-state index is 0.0315. The number of H-pyrrole nitrogens is 1. The number of fused-ring (bicyclic) bond motifs is 1. The van der Waals surface area contributed by atoms with E-state index in [1.165, 1.54) is 0 Å². The number of carbonyl (C=O) groups is 1. The van der Waals surface area contributed by atoms with Crippen LogP contribution in [-0.4, -0.2) is 15.8 Å². The van der Waals surface area contributed by atoms with Crippen LogP contribution in [0.15, 0.2) is 6.20 Å². The maximum absolute atomic E-state index is 11.7. The molecule has 4 heteroatoms. The number of nitrogens with zero attached hydrogens (tertiary/aromatic N) is 1. The van der Waals surface area contributed by atoms with Crippen LogP contribution in [0.25, 0.3) is 0 Å². The molecular formula is C10H12N2OS. The summed E-state index contributed by atoms with van der Waals surface area (Å²) in [6, 6.07) is 0. The van der Waals surface area contributed by atoms with E-state index in [2.05, 4.69) is 23.8 Å². The first kappa shape index (κ1) is 9.52. The van der Waals surface area contributed by atoms with E-state index in [4.69, 9.17) is 12.2 Å². The van der Waals surface area contributed by atoms with Gasteiger partial charge in [-0.1, -0.05) is 13.8 Å². The fraction of sp³-hybridized carbons (Fsp3) is 0.500. The van der Waals surface area contributed by atoms with E-state index < -0.39 is 0 Å². The van der Waals surface area contributed by atoms with Gasteiger partial charge in [-0.25, -0.2) is 4.98 Å². The second-order valence-corrected chi connectivity index (χ2v) is 4.91. The first-order chi connectivity index (χ1) is 6.48. The predicted molar refractivity (Wildman–Crippen MR) is 55.9 cm³/mol. The molecule has 1 aliphatic rings. The Hall–Kier alpha value is -1.03. The molecule has 74 valence electrons. The highest BCUT2D eigenvalue weighted by atomic mass is 32.1. The van der Waals surface area contributed by atoms with Crippen molar-refractivity contribution in [1.29, 1.82) is 0 Å². The van der Waals surface area contributed by atoms with E-state index in [0.717, 1.165) is 12.1 Å². The van der Waals surface area contributed by atoms with Gasteiger partial charge in [0.1, 0.15) is 0 Å². The lowest BCUT2D eigenvalue weighted by molar-refractivity contribution is 0.0909. The van der Waals surface area contributed by atoms with E-state index in [0.29, 0.717) is 16.8 Å². The smallest absolute Gasteiger partial charge is 0.196 e. The van der Waals surface area contributed by atoms with Crippen LogP contribution >= 0.6 is 12.2 Å². The predicted octanol–water partition coefficient (Wildman–Crippen LogP) is 2.29. The molecule has 1 aromatic rings. The zero-order valence-corrected chi connectivity index (χ0v) is 9.07. The fourth-order valence-corrected chi connectivity index (χ4v) is 2.06. The Labute approximate surface area is 87.6 Å². The molecule has 0 saturated heterocycles. The van der Waals surface area contributed by atoms with Crippen LogP contribution in [0, 0.1) is 10.2 Å². The van der Waals surface area contributed by atoms with Gasteiger partial charge in [0.15, 0.2) is 10.6 Å². The van der Waals surface area contributed by atoms with Crippen molar-refractivity contribution in [3.05, 3.63) is 22.2 Å². The van der Waals surface area contributed by atoms with Crippen LogP contribution in [0.1, 0.15) is 36.3 Å². The molecule has 1 heterocycles. The molecule has 0 radical (unpaired) electrons. The van der Waals surface area contributed by atoms with Crippen LogP contribution in [0.4, 0.5) is 0 Å². The highest BCUT2D eigenvalue weighted by Crippen LogP contribution is 2.32. The van der Waals surface area contributed by atoms with Gasteiger partial charge < -0.3 is 4.98 Å². The van der Waals surface area contributed by atoms with Gasteiger partial charge in [0.25, 0.3) is 0 Å². The third-order valence-electron chi connectivity index (χ3n) is 2.49. The molecule has 2 rings (SSSR count). The molecule has 1 aromatic heterocycles. The second kappa shape index (κ2) is 2.98. The summed E-state index contributed by atoms with van der Waals surface area (Å²) in [5.41, 5.74) is 1.67. The summed E-state index contributed by atoms with van der Waals surface area (Å²) in [6.07, 6.45) is 3.04. The minimum atomic E-state index is 0.0315. The summed E-state index contributed by atoms with van der Waals surface area (Å²) < 4.78 is 0.453. The summed E-state index contributed by atoms with van der Waals surface area (Å²) in [6.45, 7) is 4.18. The van der Waals surface area contributed by atoms with Gasteiger partial charge in [-0.05, 0) is 24.1 Å². The molecule has 0 fully saturated rings. The highest BCUT2D eigenvalue weighted by Gasteiger charge is 2.31. The lowest BCUT2D eigenvalue weighted by Crippen LogP contribution is -2.28. The summed E-state index contributed by atoms with van der Waals surface area (Å²) in [4.78, 5) is 18.6. The molecule has 0 spiro atoms. The van der Waals surface area contributed by atoms with Crippen LogP contribution < -0.4 is 0 Å². The zero-order chi connectivity index (χ0) is 10.3. The molecule has 1 N–H and O–H groups in total. The monoisotopic (exact) mass is 208 g/mol. The average Bonchev–Trinajstić information content (AvgIpc) is 2.00. The Morgan fingerprint density at radius 3 is 2.93 bits per heavy atom. The lowest BCUT2D eigenvalue weighted by atomic mass is 9.76. The van der Waals surface area contributed by atoms with E-state index in [-0.39, 0.29) is 11.2 Å². The number of hydrogen-bond acceptors (Lipinski definition) is 3. The standard InChI is InChI=1S/C10H12N2OS/c1-10(2)3-7-6(8(13)4-10)5-11-9(14)12-7/h5H,3-4H2,1-2H3,(H,11,12,14). The molecule has 14 heavy (non-hydrogen) atoms. The molecule has 0 unspecified atom stereocenters. The number of ketones is 1. The Morgan fingerprint density at radius 1 is 1.50 bits per heavy atom. The lowest BCUT2D eigenvalue weighted by Gasteiger charge is -2.29. The zero-order valence-electron chi connectivity index (χ0n) is 8.26. The number of hydrogen-bond donors (Lipinski definition) is 1. The number of carbonyl (C=O) groups excluding carboxylic acids is 1. The summed E-state index contributed by atoms with van der Waals surface area (Å²) in [5.74, 6) is 0.162. The fourth-order valence-electron chi connectivity index (χ4n) is 1.88. The summed E-state index contributed by atoms with van der Waals surface area (Å²) in [7, 11) is 0. The average molecular weight is 208 g/mol. The SMILES string of the molecule is CC1(C)CC(=O)c2cnc(=S)[nH]c2C1. The van der Waals surface area contributed by atoms with Crippen LogP contribution in [0.2, 0.25) is 0 Å². The maximum atomic E-state index is 11.7. The molecule has 0 aliphatic heterocycles. The van der Waals surface area contributed by atoms with Crippen molar-refractivity contribution in [3.8, 4) is 0 Å². The van der Waals surface area contributed by atoms with E-state index >= 15 is 0 Å². The van der Waals surface area contributed by atoms with Gasteiger partial charge in [-0.3, -0.25) is 4.79 Å². The minimum Gasteiger partial charge on any atom is -0.334 e. The maximum Gasteiger partial charge on any atom is 0.196 e. The molecule has 0 aromatic carbocycles. The summed E-state index contributed by atoms with van der Waals surface area (Å²) in [5, 5.41) is 0. The Bertz CT molecular complexity index is 448. The Morgan fingerprint density at radius 2 is 2.21 bits per heavy atom. The van der Waals surface area contributed by atoms with Gasteiger partial charge in [0.2, 0.25) is 0 Å². The largest absolute Gasteiger partial charge is 0.334 e. The number of rotatable bonds is 0. The van der Waals surface area contributed by atoms with Crippen molar-refractivity contribution < 1.29 is 4.79 Å². The number of nitrogens with one attached hydrogen (secondary N) is 1. The third-order valence-corrected chi connectivity index (χ3v) is 2.70. The number of aromatic amines is 1. The van der Waals surface area contributed by atoms with Crippen molar-refractivity contribution in [2.45, 2.75) is 26.7 Å². The molecule has 0 amide bonds. The van der Waals surface area contributed by atoms with Gasteiger partial charge in [-0.15, -0.1) is 0 Å². The Kier molecular flexibility index (Phi) is 2.03. The van der Waals surface area contributed by atoms with Gasteiger partial charge in [-0.2, -0.15) is 0 Å². The van der Waals surface area contributed by atoms with Gasteiger partial charge in [0.05, 0.1) is 5.56 Å². The number of aromatic nitrogens is 2. The molecule has 0 atom stereocenters. The normalized spacial score (nSPS) is 19.1. The topological polar surface area (TPSA) is 45.8 Å². The van der Waals surface area contributed by atoms with Crippen molar-refractivity contribution in [2.24, 2.45) is 5.41 Å². The second-order valence-electron chi connectivity index (χ2n) is 4.52.